The van der Waals surface area contributed by atoms with Gasteiger partial charge < -0.3 is 10.1 Å². The number of ether oxygens (including phenoxy) is 1. The summed E-state index contributed by atoms with van der Waals surface area (Å²) in [5, 5.41) is 3.03. The summed E-state index contributed by atoms with van der Waals surface area (Å²) < 4.78 is 5.46. The fourth-order valence-corrected chi connectivity index (χ4v) is 3.29. The second kappa shape index (κ2) is 6.01. The standard InChI is InChI=1S/C12H20BrNO2/c13-10-5-3-4-9(10)8-14-12(15)11-6-1-2-7-16-11/h9-11H,1-8H2,(H,14,15). The van der Waals surface area contributed by atoms with Crippen LogP contribution in [-0.2, 0) is 9.53 Å². The van der Waals surface area contributed by atoms with Gasteiger partial charge in [0.2, 0.25) is 5.91 Å². The highest BCUT2D eigenvalue weighted by Crippen LogP contribution is 2.30. The summed E-state index contributed by atoms with van der Waals surface area (Å²) in [6.07, 6.45) is 6.63. The number of alkyl halides is 1. The Bertz CT molecular complexity index is 241. The van der Waals surface area contributed by atoms with E-state index in [4.69, 9.17) is 4.74 Å². The van der Waals surface area contributed by atoms with Crippen molar-refractivity contribution in [2.45, 2.75) is 49.5 Å². The van der Waals surface area contributed by atoms with Crippen LogP contribution in [0.4, 0.5) is 0 Å². The minimum Gasteiger partial charge on any atom is -0.368 e. The highest BCUT2D eigenvalue weighted by atomic mass is 79.9. The number of hydrogen-bond acceptors (Lipinski definition) is 2. The van der Waals surface area contributed by atoms with E-state index in [1.54, 1.807) is 0 Å². The quantitative estimate of drug-likeness (QED) is 0.810. The van der Waals surface area contributed by atoms with Crippen molar-refractivity contribution in [1.29, 1.82) is 0 Å². The summed E-state index contributed by atoms with van der Waals surface area (Å²) >= 11 is 3.67. The molecule has 1 aliphatic carbocycles. The number of amides is 1. The number of nitrogens with one attached hydrogen (secondary N) is 1. The second-order valence-corrected chi connectivity index (χ2v) is 5.98. The van der Waals surface area contributed by atoms with Gasteiger partial charge in [-0.25, -0.2) is 0 Å². The van der Waals surface area contributed by atoms with Crippen LogP contribution in [0.15, 0.2) is 0 Å². The smallest absolute Gasteiger partial charge is 0.249 e. The first-order valence-corrected chi connectivity index (χ1v) is 7.22. The van der Waals surface area contributed by atoms with E-state index >= 15 is 0 Å². The molecule has 3 nitrogen and oxygen atoms in total. The molecule has 2 fully saturated rings. The van der Waals surface area contributed by atoms with Gasteiger partial charge in [0.05, 0.1) is 0 Å². The summed E-state index contributed by atoms with van der Waals surface area (Å²) in [7, 11) is 0. The molecule has 1 N–H and O–H groups in total. The lowest BCUT2D eigenvalue weighted by atomic mass is 10.1. The molecule has 3 atom stereocenters. The Morgan fingerprint density at radius 3 is 2.75 bits per heavy atom. The van der Waals surface area contributed by atoms with E-state index in [9.17, 15) is 4.79 Å². The van der Waals surface area contributed by atoms with Gasteiger partial charge in [-0.2, -0.15) is 0 Å². The molecule has 0 spiro atoms. The lowest BCUT2D eigenvalue weighted by Gasteiger charge is -2.23. The zero-order valence-electron chi connectivity index (χ0n) is 9.58. The van der Waals surface area contributed by atoms with Crippen LogP contribution in [0.2, 0.25) is 0 Å². The van der Waals surface area contributed by atoms with Gasteiger partial charge in [-0.05, 0) is 38.0 Å². The first kappa shape index (κ1) is 12.4. The normalized spacial score (nSPS) is 34.9. The Morgan fingerprint density at radius 2 is 2.12 bits per heavy atom. The average Bonchev–Trinajstić information content (AvgIpc) is 2.73. The van der Waals surface area contributed by atoms with Crippen molar-refractivity contribution < 1.29 is 9.53 Å². The molecule has 1 amide bonds. The van der Waals surface area contributed by atoms with E-state index in [1.807, 2.05) is 0 Å². The molecule has 2 rings (SSSR count). The van der Waals surface area contributed by atoms with Crippen LogP contribution < -0.4 is 5.32 Å². The van der Waals surface area contributed by atoms with Crippen LogP contribution in [0.1, 0.15) is 38.5 Å². The summed E-state index contributed by atoms with van der Waals surface area (Å²) in [5.74, 6) is 0.693. The van der Waals surface area contributed by atoms with E-state index in [1.165, 1.54) is 19.3 Å². The van der Waals surface area contributed by atoms with Gasteiger partial charge in [0.1, 0.15) is 6.10 Å². The Morgan fingerprint density at radius 1 is 1.25 bits per heavy atom. The maximum atomic E-state index is 11.8. The molecular formula is C12H20BrNO2. The number of carbonyl (C=O) groups is 1. The third kappa shape index (κ3) is 3.20. The third-order valence-corrected chi connectivity index (χ3v) is 4.78. The Hall–Kier alpha value is -0.0900. The molecule has 0 radical (unpaired) electrons. The van der Waals surface area contributed by atoms with Crippen LogP contribution in [0, 0.1) is 5.92 Å². The van der Waals surface area contributed by atoms with Crippen LogP contribution in [0.25, 0.3) is 0 Å². The van der Waals surface area contributed by atoms with Gasteiger partial charge in [-0.1, -0.05) is 22.4 Å². The predicted octanol–water partition coefficient (Wildman–Crippen LogP) is 2.24. The number of carbonyl (C=O) groups excluding carboxylic acids is 1. The monoisotopic (exact) mass is 289 g/mol. The fraction of sp³-hybridized carbons (Fsp3) is 0.917. The van der Waals surface area contributed by atoms with Crippen molar-refractivity contribution >= 4 is 21.8 Å². The molecule has 0 aromatic carbocycles. The van der Waals surface area contributed by atoms with Crippen LogP contribution >= 0.6 is 15.9 Å². The maximum Gasteiger partial charge on any atom is 0.249 e. The van der Waals surface area contributed by atoms with E-state index in [0.29, 0.717) is 10.7 Å². The molecular weight excluding hydrogens is 270 g/mol. The van der Waals surface area contributed by atoms with Crippen molar-refractivity contribution in [1.82, 2.24) is 5.32 Å². The minimum atomic E-state index is -0.191. The van der Waals surface area contributed by atoms with Crippen molar-refractivity contribution in [3.8, 4) is 0 Å². The molecule has 0 bridgehead atoms. The van der Waals surface area contributed by atoms with Gasteiger partial charge in [0, 0.05) is 18.0 Å². The Balaban J connectivity index is 1.70. The van der Waals surface area contributed by atoms with Crippen LogP contribution in [-0.4, -0.2) is 30.0 Å². The summed E-state index contributed by atoms with van der Waals surface area (Å²) in [4.78, 5) is 12.4. The molecule has 16 heavy (non-hydrogen) atoms. The molecule has 1 aliphatic heterocycles. The largest absolute Gasteiger partial charge is 0.368 e. The SMILES string of the molecule is O=C(NCC1CCCC1Br)C1CCCCO1. The highest BCUT2D eigenvalue weighted by Gasteiger charge is 2.27. The van der Waals surface area contributed by atoms with Gasteiger partial charge >= 0.3 is 0 Å². The van der Waals surface area contributed by atoms with Crippen molar-refractivity contribution in [2.75, 3.05) is 13.2 Å². The number of rotatable bonds is 3. The minimum absolute atomic E-state index is 0.0892. The van der Waals surface area contributed by atoms with Crippen molar-refractivity contribution in [3.63, 3.8) is 0 Å². The van der Waals surface area contributed by atoms with Crippen LogP contribution in [0.3, 0.4) is 0 Å². The average molecular weight is 290 g/mol. The molecule has 0 aromatic rings. The number of halogens is 1. The van der Waals surface area contributed by atoms with Gasteiger partial charge in [-0.15, -0.1) is 0 Å². The zero-order valence-corrected chi connectivity index (χ0v) is 11.2. The van der Waals surface area contributed by atoms with E-state index in [0.717, 1.165) is 32.4 Å². The molecule has 2 aliphatic rings. The lowest BCUT2D eigenvalue weighted by Crippen LogP contribution is -2.41. The molecule has 92 valence electrons. The van der Waals surface area contributed by atoms with Crippen molar-refractivity contribution in [3.05, 3.63) is 0 Å². The maximum absolute atomic E-state index is 11.8. The molecule has 4 heteroatoms. The van der Waals surface area contributed by atoms with Crippen molar-refractivity contribution in [2.24, 2.45) is 5.92 Å². The first-order chi connectivity index (χ1) is 7.77. The highest BCUT2D eigenvalue weighted by molar-refractivity contribution is 9.09. The zero-order chi connectivity index (χ0) is 11.4. The molecule has 3 unspecified atom stereocenters. The Labute approximate surface area is 105 Å². The van der Waals surface area contributed by atoms with E-state index in [-0.39, 0.29) is 12.0 Å². The lowest BCUT2D eigenvalue weighted by molar-refractivity contribution is -0.135. The first-order valence-electron chi connectivity index (χ1n) is 6.31. The second-order valence-electron chi connectivity index (χ2n) is 4.81. The molecule has 1 heterocycles. The predicted molar refractivity (Wildman–Crippen MR) is 66.7 cm³/mol. The number of hydrogen-bond donors (Lipinski definition) is 1. The molecule has 0 aromatic heterocycles. The van der Waals surface area contributed by atoms with E-state index in [2.05, 4.69) is 21.2 Å². The fourth-order valence-electron chi connectivity index (χ4n) is 2.51. The summed E-state index contributed by atoms with van der Waals surface area (Å²) in [6.45, 7) is 1.54. The van der Waals surface area contributed by atoms with E-state index < -0.39 is 0 Å². The third-order valence-electron chi connectivity index (χ3n) is 3.58. The molecule has 1 saturated heterocycles. The summed E-state index contributed by atoms with van der Waals surface area (Å²) in [5.41, 5.74) is 0. The van der Waals surface area contributed by atoms with Gasteiger partial charge in [-0.3, -0.25) is 4.79 Å². The summed E-state index contributed by atoms with van der Waals surface area (Å²) in [6, 6.07) is 0. The van der Waals surface area contributed by atoms with Crippen LogP contribution in [0.5, 0.6) is 0 Å². The van der Waals surface area contributed by atoms with Gasteiger partial charge in [0.25, 0.3) is 0 Å². The Kier molecular flexibility index (Phi) is 4.65. The van der Waals surface area contributed by atoms with Gasteiger partial charge in [0.15, 0.2) is 0 Å². The molecule has 1 saturated carbocycles. The topological polar surface area (TPSA) is 38.3 Å².